The molecule has 5 rings (SSSR count). The van der Waals surface area contributed by atoms with Gasteiger partial charge in [0.15, 0.2) is 11.5 Å². The zero-order valence-corrected chi connectivity index (χ0v) is 17.5. The predicted octanol–water partition coefficient (Wildman–Crippen LogP) is 4.82. The first-order valence-electron chi connectivity index (χ1n) is 10.9. The van der Waals surface area contributed by atoms with Crippen molar-refractivity contribution in [1.29, 1.82) is 0 Å². The van der Waals surface area contributed by atoms with E-state index in [1.54, 1.807) is 24.4 Å². The highest BCUT2D eigenvalue weighted by Gasteiger charge is 2.29. The molecule has 0 radical (unpaired) electrons. The molecule has 2 aromatic heterocycles. The highest BCUT2D eigenvalue weighted by atomic mass is 19.3. The molecule has 0 bridgehead atoms. The molecule has 0 saturated carbocycles. The molecular weight excluding hydrogens is 414 g/mol. The van der Waals surface area contributed by atoms with Gasteiger partial charge in [-0.2, -0.15) is 0 Å². The Kier molecular flexibility index (Phi) is 5.46. The number of hydrogen-bond donors (Lipinski definition) is 2. The van der Waals surface area contributed by atoms with Crippen molar-refractivity contribution in [1.82, 2.24) is 15.3 Å². The molecule has 166 valence electrons. The summed E-state index contributed by atoms with van der Waals surface area (Å²) in [7, 11) is 0. The van der Waals surface area contributed by atoms with Gasteiger partial charge in [0.2, 0.25) is 0 Å². The van der Waals surface area contributed by atoms with Gasteiger partial charge < -0.3 is 15.3 Å². The van der Waals surface area contributed by atoms with Gasteiger partial charge in [0.05, 0.1) is 0 Å². The van der Waals surface area contributed by atoms with Crippen LogP contribution in [0, 0.1) is 0 Å². The number of aryl methyl sites for hydroxylation is 1. The number of nitrogens with zero attached hydrogens (tertiary/aromatic N) is 3. The van der Waals surface area contributed by atoms with Crippen LogP contribution in [0.3, 0.4) is 0 Å². The van der Waals surface area contributed by atoms with E-state index in [9.17, 15) is 18.7 Å². The van der Waals surface area contributed by atoms with Gasteiger partial charge in [-0.1, -0.05) is 12.1 Å². The lowest BCUT2D eigenvalue weighted by Gasteiger charge is -2.33. The van der Waals surface area contributed by atoms with Gasteiger partial charge in [-0.3, -0.25) is 4.98 Å². The molecule has 8 heteroatoms. The minimum atomic E-state index is -2.58. The summed E-state index contributed by atoms with van der Waals surface area (Å²) in [6.07, 6.45) is 2.35. The Bertz CT molecular complexity index is 1180. The Labute approximate surface area is 184 Å². The average Bonchev–Trinajstić information content (AvgIpc) is 2.82. The number of aromatic nitrogens is 2. The molecule has 2 N–H and O–H groups in total. The van der Waals surface area contributed by atoms with Crippen molar-refractivity contribution in [3.63, 3.8) is 0 Å². The maximum atomic E-state index is 14.2. The van der Waals surface area contributed by atoms with Crippen molar-refractivity contribution >= 4 is 28.4 Å². The molecule has 1 saturated heterocycles. The van der Waals surface area contributed by atoms with Crippen molar-refractivity contribution in [3.8, 4) is 0 Å². The number of pyridine rings is 2. The molecule has 1 aromatic carbocycles. The number of aromatic carboxylic acids is 1. The van der Waals surface area contributed by atoms with Crippen LogP contribution in [-0.4, -0.2) is 40.7 Å². The normalized spacial score (nSPS) is 17.0. The van der Waals surface area contributed by atoms with Crippen molar-refractivity contribution in [3.05, 3.63) is 58.9 Å². The molecule has 0 unspecified atom stereocenters. The third-order valence-corrected chi connectivity index (χ3v) is 6.46. The first kappa shape index (κ1) is 20.8. The van der Waals surface area contributed by atoms with E-state index in [0.29, 0.717) is 29.0 Å². The molecule has 0 spiro atoms. The summed E-state index contributed by atoms with van der Waals surface area (Å²) in [5, 5.41) is 13.5. The lowest BCUT2D eigenvalue weighted by Crippen LogP contribution is -2.29. The number of rotatable bonds is 4. The monoisotopic (exact) mass is 438 g/mol. The van der Waals surface area contributed by atoms with E-state index in [0.717, 1.165) is 49.9 Å². The van der Waals surface area contributed by atoms with E-state index in [1.807, 2.05) is 11.0 Å². The average molecular weight is 438 g/mol. The molecule has 0 amide bonds. The fourth-order valence-electron chi connectivity index (χ4n) is 4.93. The van der Waals surface area contributed by atoms with Gasteiger partial charge in [-0.15, -0.1) is 0 Å². The van der Waals surface area contributed by atoms with Gasteiger partial charge in [0, 0.05) is 29.4 Å². The zero-order valence-electron chi connectivity index (χ0n) is 17.5. The van der Waals surface area contributed by atoms with E-state index in [4.69, 9.17) is 0 Å². The van der Waals surface area contributed by atoms with Crippen LogP contribution in [0.15, 0.2) is 36.5 Å². The number of alkyl halides is 2. The first-order valence-corrected chi connectivity index (χ1v) is 10.9. The molecule has 0 aliphatic carbocycles. The van der Waals surface area contributed by atoms with E-state index in [2.05, 4.69) is 15.3 Å². The van der Waals surface area contributed by atoms with E-state index >= 15 is 0 Å². The van der Waals surface area contributed by atoms with Gasteiger partial charge in [-0.25, -0.2) is 18.6 Å². The molecular formula is C24H24F2N4O2. The highest BCUT2D eigenvalue weighted by molar-refractivity contribution is 5.97. The lowest BCUT2D eigenvalue weighted by atomic mass is 9.84. The van der Waals surface area contributed by atoms with E-state index < -0.39 is 12.4 Å². The number of carbonyl (C=O) groups is 1. The Balaban J connectivity index is 1.67. The minimum absolute atomic E-state index is 0.0641. The number of carboxylic acid groups (broad SMARTS) is 1. The molecule has 32 heavy (non-hydrogen) atoms. The van der Waals surface area contributed by atoms with Crippen molar-refractivity contribution < 1.29 is 18.7 Å². The van der Waals surface area contributed by atoms with Crippen molar-refractivity contribution in [2.75, 3.05) is 24.5 Å². The molecule has 1 fully saturated rings. The third-order valence-electron chi connectivity index (χ3n) is 6.46. The summed E-state index contributed by atoms with van der Waals surface area (Å²) in [4.78, 5) is 22.3. The second kappa shape index (κ2) is 8.43. The number of nitrogens with one attached hydrogen (secondary N) is 1. The van der Waals surface area contributed by atoms with Crippen LogP contribution in [0.4, 0.5) is 20.3 Å². The third kappa shape index (κ3) is 3.68. The summed E-state index contributed by atoms with van der Waals surface area (Å²) in [5.74, 6) is -0.614. The molecule has 3 aromatic rings. The van der Waals surface area contributed by atoms with Gasteiger partial charge in [0.25, 0.3) is 6.43 Å². The molecule has 6 nitrogen and oxygen atoms in total. The van der Waals surface area contributed by atoms with Crippen LogP contribution in [0.2, 0.25) is 0 Å². The summed E-state index contributed by atoms with van der Waals surface area (Å²) >= 11 is 0. The Morgan fingerprint density at radius 1 is 1.22 bits per heavy atom. The van der Waals surface area contributed by atoms with Crippen LogP contribution in [0.1, 0.15) is 58.8 Å². The second-order valence-electron chi connectivity index (χ2n) is 8.40. The standard InChI is InChI=1S/C24H24F2N4O2/c25-22(26)18-13-20-15(11-17(18)14-5-8-27-9-6-14)4-2-10-30(20)23-21-16(3-1-7-28-21)12-19(29-23)24(31)32/h1,3,7,11-14,22,27H,2,4-6,8-10H2,(H,31,32). The van der Waals surface area contributed by atoms with Crippen molar-refractivity contribution in [2.45, 2.75) is 38.0 Å². The number of hydrogen-bond acceptors (Lipinski definition) is 5. The van der Waals surface area contributed by atoms with Crippen LogP contribution in [-0.2, 0) is 6.42 Å². The fourth-order valence-corrected chi connectivity index (χ4v) is 4.93. The number of halogens is 2. The van der Waals surface area contributed by atoms with E-state index in [-0.39, 0.29) is 17.2 Å². The molecule has 4 heterocycles. The summed E-state index contributed by atoms with van der Waals surface area (Å²) in [6.45, 7) is 2.23. The SMILES string of the molecule is O=C(O)c1cc2cccnc2c(N2CCCc3cc(C4CCNCC4)c(C(F)F)cc32)n1. The number of carboxylic acids is 1. The van der Waals surface area contributed by atoms with Crippen LogP contribution < -0.4 is 10.2 Å². The lowest BCUT2D eigenvalue weighted by molar-refractivity contribution is 0.0690. The zero-order chi connectivity index (χ0) is 22.2. The number of benzene rings is 1. The predicted molar refractivity (Wildman–Crippen MR) is 118 cm³/mol. The summed E-state index contributed by atoms with van der Waals surface area (Å²) in [5.41, 5.74) is 2.96. The minimum Gasteiger partial charge on any atom is -0.477 e. The topological polar surface area (TPSA) is 78.3 Å². The van der Waals surface area contributed by atoms with Crippen molar-refractivity contribution in [2.24, 2.45) is 0 Å². The van der Waals surface area contributed by atoms with Crippen LogP contribution >= 0.6 is 0 Å². The van der Waals surface area contributed by atoms with Gasteiger partial charge in [-0.05, 0) is 74.0 Å². The largest absolute Gasteiger partial charge is 0.477 e. The maximum Gasteiger partial charge on any atom is 0.354 e. The van der Waals surface area contributed by atoms with Gasteiger partial charge >= 0.3 is 5.97 Å². The van der Waals surface area contributed by atoms with E-state index in [1.165, 1.54) is 6.07 Å². The molecule has 2 aliphatic heterocycles. The summed E-state index contributed by atoms with van der Waals surface area (Å²) in [6, 6.07) is 8.57. The molecule has 0 atom stereocenters. The number of fused-ring (bicyclic) bond motifs is 2. The summed E-state index contributed by atoms with van der Waals surface area (Å²) < 4.78 is 28.3. The van der Waals surface area contributed by atoms with Crippen LogP contribution in [0.25, 0.3) is 10.9 Å². The Morgan fingerprint density at radius 2 is 2.03 bits per heavy atom. The fraction of sp³-hybridized carbons (Fsp3) is 0.375. The first-order chi connectivity index (χ1) is 15.5. The quantitative estimate of drug-likeness (QED) is 0.608. The maximum absolute atomic E-state index is 14.2. The highest BCUT2D eigenvalue weighted by Crippen LogP contribution is 2.42. The molecule has 2 aliphatic rings. The Hall–Kier alpha value is -3.13. The number of piperidine rings is 1. The number of anilines is 2. The Morgan fingerprint density at radius 3 is 2.78 bits per heavy atom. The van der Waals surface area contributed by atoms with Gasteiger partial charge in [0.1, 0.15) is 5.52 Å². The van der Waals surface area contributed by atoms with Crippen LogP contribution in [0.5, 0.6) is 0 Å². The smallest absolute Gasteiger partial charge is 0.354 e. The second-order valence-corrected chi connectivity index (χ2v) is 8.40.